The van der Waals surface area contributed by atoms with Gasteiger partial charge in [0.2, 0.25) is 5.82 Å². The number of halogens is 2. The molecule has 204 valence electrons. The van der Waals surface area contributed by atoms with Crippen LogP contribution in [0.15, 0.2) is 89.5 Å². The van der Waals surface area contributed by atoms with Gasteiger partial charge < -0.3 is 31.5 Å². The molecule has 1 unspecified atom stereocenters. The van der Waals surface area contributed by atoms with E-state index in [-0.39, 0.29) is 24.5 Å². The topological polar surface area (TPSA) is 77.2 Å². The zero-order valence-electron chi connectivity index (χ0n) is 21.8. The number of ether oxygens (including phenoxy) is 1. The van der Waals surface area contributed by atoms with Gasteiger partial charge in [-0.1, -0.05) is 53.2 Å². The van der Waals surface area contributed by atoms with Gasteiger partial charge in [-0.2, -0.15) is 4.98 Å². The van der Waals surface area contributed by atoms with E-state index >= 15 is 0 Å². The number of benzene rings is 3. The van der Waals surface area contributed by atoms with E-state index in [9.17, 15) is 4.79 Å². The van der Waals surface area contributed by atoms with Crippen molar-refractivity contribution in [2.75, 3.05) is 25.0 Å². The van der Waals surface area contributed by atoms with Crippen LogP contribution in [0.2, 0.25) is 5.02 Å². The molecule has 1 aromatic heterocycles. The highest BCUT2D eigenvalue weighted by molar-refractivity contribution is 6.30. The quantitative estimate of drug-likeness (QED) is 0.284. The molecule has 7 nitrogen and oxygen atoms in total. The molecular formula is C30H32Cl2N4O3. The molecule has 0 amide bonds. The summed E-state index contributed by atoms with van der Waals surface area (Å²) in [5.74, 6) is 1.62. The predicted octanol–water partition coefficient (Wildman–Crippen LogP) is 3.50. The third kappa shape index (κ3) is 7.60. The number of esters is 1. The first kappa shape index (κ1) is 28.6. The Hall–Kier alpha value is -3.39. The number of piperidine rings is 3. The summed E-state index contributed by atoms with van der Waals surface area (Å²) >= 11 is 5.79. The minimum absolute atomic E-state index is 0. The molecule has 39 heavy (non-hydrogen) atoms. The summed E-state index contributed by atoms with van der Waals surface area (Å²) in [6, 6.07) is 27.5. The average Bonchev–Trinajstić information content (AvgIpc) is 3.40. The second-order valence-electron chi connectivity index (χ2n) is 9.99. The van der Waals surface area contributed by atoms with Crippen molar-refractivity contribution in [1.29, 1.82) is 0 Å². The van der Waals surface area contributed by atoms with Gasteiger partial charge in [0.15, 0.2) is 6.10 Å². The van der Waals surface area contributed by atoms with E-state index < -0.39 is 0 Å². The van der Waals surface area contributed by atoms with Crippen molar-refractivity contribution in [1.82, 2.24) is 10.1 Å². The molecule has 3 fully saturated rings. The molecule has 3 aromatic carbocycles. The maximum absolute atomic E-state index is 11.3. The van der Waals surface area contributed by atoms with Gasteiger partial charge >= 0.3 is 5.97 Å². The first-order valence-corrected chi connectivity index (χ1v) is 13.3. The Bertz CT molecular complexity index is 1330. The molecule has 4 aromatic rings. The molecule has 0 spiro atoms. The second kappa shape index (κ2) is 13.1. The SMILES string of the molecule is CC(=O)OC1C[N+]2(Cc3noc(-c4ccccc4)n3)CCC1CC2.Clc1ccc(Nc2ccccc2)cc1.[Cl-]. The van der Waals surface area contributed by atoms with Crippen LogP contribution in [0.5, 0.6) is 0 Å². The summed E-state index contributed by atoms with van der Waals surface area (Å²) in [6.07, 6.45) is 2.23. The van der Waals surface area contributed by atoms with E-state index in [1.165, 1.54) is 6.92 Å². The molecule has 2 bridgehead atoms. The fourth-order valence-electron chi connectivity index (χ4n) is 5.33. The van der Waals surface area contributed by atoms with E-state index in [4.69, 9.17) is 20.9 Å². The monoisotopic (exact) mass is 566 g/mol. The molecule has 3 aliphatic heterocycles. The molecule has 1 N–H and O–H groups in total. The van der Waals surface area contributed by atoms with Gasteiger partial charge in [-0.05, 0) is 48.5 Å². The van der Waals surface area contributed by atoms with Crippen molar-refractivity contribution >= 4 is 28.9 Å². The van der Waals surface area contributed by atoms with Crippen LogP contribution in [0.25, 0.3) is 11.5 Å². The molecular weight excluding hydrogens is 535 g/mol. The molecule has 4 heterocycles. The van der Waals surface area contributed by atoms with E-state index in [0.29, 0.717) is 11.8 Å². The molecule has 0 saturated carbocycles. The molecule has 0 aliphatic carbocycles. The highest BCUT2D eigenvalue weighted by atomic mass is 35.5. The summed E-state index contributed by atoms with van der Waals surface area (Å²) in [4.78, 5) is 15.9. The standard InChI is InChI=1S/C18H22N3O3.C12H10ClN.ClH/c1-13(22)23-16-11-21(9-7-14(16)8-10-21)12-17-19-18(24-20-17)15-5-3-2-4-6-15;13-10-6-8-12(9-7-10)14-11-4-2-1-3-5-11;/h2-6,14,16H,7-12H2,1H3;1-9,14H;1H/q+1;;/p-1. The van der Waals surface area contributed by atoms with Crippen molar-refractivity contribution in [3.63, 3.8) is 0 Å². The molecule has 7 rings (SSSR count). The Morgan fingerprint density at radius 3 is 2.23 bits per heavy atom. The van der Waals surface area contributed by atoms with Gasteiger partial charge in [-0.15, -0.1) is 0 Å². The largest absolute Gasteiger partial charge is 1.00 e. The van der Waals surface area contributed by atoms with Crippen LogP contribution in [-0.4, -0.2) is 46.3 Å². The average molecular weight is 568 g/mol. The molecule has 1 atom stereocenters. The number of nitrogens with zero attached hydrogens (tertiary/aromatic N) is 3. The lowest BCUT2D eigenvalue weighted by Crippen LogP contribution is -3.00. The van der Waals surface area contributed by atoms with Gasteiger partial charge in [0, 0.05) is 47.6 Å². The Labute approximate surface area is 240 Å². The number of quaternary nitrogens is 1. The number of nitrogens with one attached hydrogen (secondary N) is 1. The van der Waals surface area contributed by atoms with Crippen LogP contribution in [0.3, 0.4) is 0 Å². The van der Waals surface area contributed by atoms with Crippen molar-refractivity contribution < 1.29 is 30.9 Å². The van der Waals surface area contributed by atoms with Crippen LogP contribution in [0.4, 0.5) is 11.4 Å². The number of anilines is 2. The molecule has 3 saturated heterocycles. The number of rotatable bonds is 6. The minimum atomic E-state index is -0.183. The third-order valence-corrected chi connectivity index (χ3v) is 7.48. The third-order valence-electron chi connectivity index (χ3n) is 7.23. The Morgan fingerprint density at radius 1 is 0.974 bits per heavy atom. The molecule has 9 heteroatoms. The Balaban J connectivity index is 0.000000202. The fourth-order valence-corrected chi connectivity index (χ4v) is 5.45. The summed E-state index contributed by atoms with van der Waals surface area (Å²) < 4.78 is 11.9. The van der Waals surface area contributed by atoms with E-state index in [1.54, 1.807) is 0 Å². The van der Waals surface area contributed by atoms with Crippen LogP contribution >= 0.6 is 11.6 Å². The lowest BCUT2D eigenvalue weighted by molar-refractivity contribution is -0.958. The van der Waals surface area contributed by atoms with Gasteiger partial charge in [0.25, 0.3) is 5.89 Å². The van der Waals surface area contributed by atoms with Crippen molar-refractivity contribution in [3.05, 3.63) is 95.8 Å². The maximum atomic E-state index is 11.3. The summed E-state index contributed by atoms with van der Waals surface area (Å²) in [6.45, 7) is 5.28. The Morgan fingerprint density at radius 2 is 1.59 bits per heavy atom. The number of hydrogen-bond donors (Lipinski definition) is 1. The normalized spacial score (nSPS) is 21.2. The summed E-state index contributed by atoms with van der Waals surface area (Å²) in [7, 11) is 0. The summed E-state index contributed by atoms with van der Waals surface area (Å²) in [5, 5.41) is 8.20. The lowest BCUT2D eigenvalue weighted by Gasteiger charge is -2.51. The highest BCUT2D eigenvalue weighted by Gasteiger charge is 2.48. The van der Waals surface area contributed by atoms with E-state index in [0.717, 1.165) is 71.3 Å². The Kier molecular flexibility index (Phi) is 9.62. The van der Waals surface area contributed by atoms with Gasteiger partial charge in [-0.25, -0.2) is 0 Å². The number of hydrogen-bond acceptors (Lipinski definition) is 6. The van der Waals surface area contributed by atoms with Crippen LogP contribution in [0.1, 0.15) is 25.6 Å². The number of aromatic nitrogens is 2. The highest BCUT2D eigenvalue weighted by Crippen LogP contribution is 2.37. The number of carbonyl (C=O) groups excluding carboxylic acids is 1. The lowest BCUT2D eigenvalue weighted by atomic mass is 9.83. The molecule has 0 radical (unpaired) electrons. The van der Waals surface area contributed by atoms with Crippen LogP contribution in [-0.2, 0) is 16.1 Å². The van der Waals surface area contributed by atoms with Gasteiger partial charge in [0.05, 0.1) is 13.1 Å². The number of carbonyl (C=O) groups is 1. The van der Waals surface area contributed by atoms with Crippen molar-refractivity contribution in [3.8, 4) is 11.5 Å². The maximum Gasteiger partial charge on any atom is 0.303 e. The summed E-state index contributed by atoms with van der Waals surface area (Å²) in [5.41, 5.74) is 3.06. The van der Waals surface area contributed by atoms with Crippen molar-refractivity contribution in [2.45, 2.75) is 32.4 Å². The van der Waals surface area contributed by atoms with Crippen LogP contribution in [0, 0.1) is 5.92 Å². The number of para-hydroxylation sites is 1. The zero-order chi connectivity index (χ0) is 26.4. The zero-order valence-corrected chi connectivity index (χ0v) is 23.3. The predicted molar refractivity (Wildman–Crippen MR) is 148 cm³/mol. The first-order valence-electron chi connectivity index (χ1n) is 13.0. The first-order chi connectivity index (χ1) is 18.5. The van der Waals surface area contributed by atoms with Crippen molar-refractivity contribution in [2.24, 2.45) is 5.92 Å². The fraction of sp³-hybridized carbons (Fsp3) is 0.300. The molecule has 3 aliphatic rings. The second-order valence-corrected chi connectivity index (χ2v) is 10.4. The van der Waals surface area contributed by atoms with E-state index in [1.807, 2.05) is 84.9 Å². The van der Waals surface area contributed by atoms with Gasteiger partial charge in [-0.3, -0.25) is 4.79 Å². The minimum Gasteiger partial charge on any atom is -1.00 e. The smallest absolute Gasteiger partial charge is 0.303 e. The van der Waals surface area contributed by atoms with Gasteiger partial charge in [0.1, 0.15) is 13.1 Å². The number of fused-ring (bicyclic) bond motifs is 3. The van der Waals surface area contributed by atoms with Crippen LogP contribution < -0.4 is 17.7 Å². The van der Waals surface area contributed by atoms with E-state index in [2.05, 4.69) is 15.5 Å².